The van der Waals surface area contributed by atoms with Gasteiger partial charge in [-0.25, -0.2) is 4.98 Å². The maximum absolute atomic E-state index is 13.8. The Kier molecular flexibility index (Phi) is 6.46. The highest BCUT2D eigenvalue weighted by Crippen LogP contribution is 2.37. The first-order chi connectivity index (χ1) is 18.0. The van der Waals surface area contributed by atoms with Crippen LogP contribution < -0.4 is 5.56 Å². The lowest BCUT2D eigenvalue weighted by Crippen LogP contribution is -2.30. The van der Waals surface area contributed by atoms with E-state index >= 15 is 0 Å². The number of hydrogen-bond acceptors (Lipinski definition) is 6. The number of amides is 2. The second-order valence-electron chi connectivity index (χ2n) is 9.77. The molecule has 8 heteroatoms. The van der Waals surface area contributed by atoms with E-state index in [1.807, 2.05) is 30.3 Å². The highest BCUT2D eigenvalue weighted by Gasteiger charge is 2.34. The van der Waals surface area contributed by atoms with Gasteiger partial charge in [0.2, 0.25) is 0 Å². The topological polar surface area (TPSA) is 72.3 Å². The van der Waals surface area contributed by atoms with Crippen molar-refractivity contribution in [1.29, 1.82) is 0 Å². The molecule has 1 atom stereocenters. The summed E-state index contributed by atoms with van der Waals surface area (Å²) in [6.45, 7) is 2.66. The van der Waals surface area contributed by atoms with E-state index < -0.39 is 0 Å². The fraction of sp³-hybridized carbons (Fsp3) is 0.310. The lowest BCUT2D eigenvalue weighted by atomic mass is 9.89. The second-order valence-corrected chi connectivity index (χ2v) is 11.9. The van der Waals surface area contributed by atoms with Crippen LogP contribution in [0.5, 0.6) is 0 Å². The number of para-hydroxylation sites is 1. The van der Waals surface area contributed by atoms with Crippen LogP contribution in [0.15, 0.2) is 64.5 Å². The van der Waals surface area contributed by atoms with Gasteiger partial charge in [-0.2, -0.15) is 0 Å². The van der Waals surface area contributed by atoms with Gasteiger partial charge in [0.1, 0.15) is 4.83 Å². The molecule has 6 nitrogen and oxygen atoms in total. The van der Waals surface area contributed by atoms with Gasteiger partial charge in [0.25, 0.3) is 17.4 Å². The van der Waals surface area contributed by atoms with E-state index in [2.05, 4.69) is 6.92 Å². The number of carbonyl (C=O) groups excluding carboxylic acids is 2. The van der Waals surface area contributed by atoms with Gasteiger partial charge in [0.05, 0.1) is 22.2 Å². The number of thiophene rings is 1. The minimum absolute atomic E-state index is 0.0109. The second kappa shape index (κ2) is 9.91. The largest absolute Gasteiger partial charge is 0.274 e. The third-order valence-electron chi connectivity index (χ3n) is 7.20. The van der Waals surface area contributed by atoms with E-state index in [-0.39, 0.29) is 17.4 Å². The molecule has 37 heavy (non-hydrogen) atoms. The summed E-state index contributed by atoms with van der Waals surface area (Å²) in [5.41, 5.74) is 2.99. The third kappa shape index (κ3) is 4.32. The summed E-state index contributed by atoms with van der Waals surface area (Å²) in [6.07, 6.45) is 4.54. The fourth-order valence-corrected chi connectivity index (χ4v) is 7.69. The van der Waals surface area contributed by atoms with E-state index in [4.69, 9.17) is 4.98 Å². The number of aromatic nitrogens is 2. The zero-order valence-electron chi connectivity index (χ0n) is 20.6. The molecule has 1 aliphatic heterocycles. The minimum Gasteiger partial charge on any atom is -0.274 e. The minimum atomic E-state index is -0.214. The van der Waals surface area contributed by atoms with Gasteiger partial charge < -0.3 is 0 Å². The van der Waals surface area contributed by atoms with Crippen LogP contribution in [0, 0.1) is 5.92 Å². The molecule has 188 valence electrons. The number of carbonyl (C=O) groups is 2. The molecule has 1 aliphatic carbocycles. The lowest BCUT2D eigenvalue weighted by molar-refractivity contribution is 0.0652. The number of benzene rings is 2. The Morgan fingerprint density at radius 1 is 0.973 bits per heavy atom. The summed E-state index contributed by atoms with van der Waals surface area (Å²) >= 11 is 3.23. The predicted octanol–water partition coefficient (Wildman–Crippen LogP) is 5.74. The van der Waals surface area contributed by atoms with Crippen molar-refractivity contribution in [1.82, 2.24) is 14.5 Å². The molecule has 2 aromatic carbocycles. The predicted molar refractivity (Wildman–Crippen MR) is 148 cm³/mol. The van der Waals surface area contributed by atoms with Gasteiger partial charge in [-0.15, -0.1) is 11.3 Å². The van der Waals surface area contributed by atoms with Crippen molar-refractivity contribution in [3.63, 3.8) is 0 Å². The molecule has 2 amide bonds. The first kappa shape index (κ1) is 24.1. The Balaban J connectivity index is 1.21. The van der Waals surface area contributed by atoms with Crippen molar-refractivity contribution in [2.24, 2.45) is 5.92 Å². The Morgan fingerprint density at radius 2 is 1.68 bits per heavy atom. The Bertz CT molecular complexity index is 1540. The summed E-state index contributed by atoms with van der Waals surface area (Å²) in [5.74, 6) is 0.937. The standard InChI is InChI=1S/C29H27N3O3S2/c1-18-13-14-22-23(17-18)37-25-24(22)28(35)32(19-9-3-2-4-10-19)29(30-25)36-16-8-7-15-31-26(33)20-11-5-6-12-21(20)27(31)34/h2-6,9-12,18H,7-8,13-17H2,1H3/t18-/m0/s1. The number of unbranched alkanes of at least 4 members (excludes halogenated alkanes) is 1. The quantitative estimate of drug-likeness (QED) is 0.132. The zero-order valence-corrected chi connectivity index (χ0v) is 22.2. The average molecular weight is 530 g/mol. The van der Waals surface area contributed by atoms with Crippen molar-refractivity contribution in [3.05, 3.63) is 86.5 Å². The van der Waals surface area contributed by atoms with Gasteiger partial charge in [0.15, 0.2) is 5.16 Å². The maximum Gasteiger partial charge on any atom is 0.267 e. The van der Waals surface area contributed by atoms with Crippen molar-refractivity contribution in [2.75, 3.05) is 12.3 Å². The van der Waals surface area contributed by atoms with Crippen LogP contribution in [-0.4, -0.2) is 38.6 Å². The van der Waals surface area contributed by atoms with E-state index in [9.17, 15) is 14.4 Å². The molecule has 0 saturated carbocycles. The monoisotopic (exact) mass is 529 g/mol. The number of thioether (sulfide) groups is 1. The van der Waals surface area contributed by atoms with Gasteiger partial charge in [-0.1, -0.05) is 49.0 Å². The summed E-state index contributed by atoms with van der Waals surface area (Å²) in [5, 5.41) is 1.47. The molecule has 0 N–H and O–H groups in total. The molecule has 4 aromatic rings. The van der Waals surface area contributed by atoms with Crippen LogP contribution in [0.3, 0.4) is 0 Å². The summed E-state index contributed by atoms with van der Waals surface area (Å²) < 4.78 is 1.75. The third-order valence-corrected chi connectivity index (χ3v) is 9.37. The molecule has 0 saturated heterocycles. The van der Waals surface area contributed by atoms with Crippen LogP contribution in [0.4, 0.5) is 0 Å². The van der Waals surface area contributed by atoms with Gasteiger partial charge in [-0.05, 0) is 67.9 Å². The van der Waals surface area contributed by atoms with Crippen molar-refractivity contribution >= 4 is 45.1 Å². The molecule has 0 unspecified atom stereocenters. The van der Waals surface area contributed by atoms with Crippen molar-refractivity contribution in [2.45, 2.75) is 44.2 Å². The highest BCUT2D eigenvalue weighted by molar-refractivity contribution is 7.99. The van der Waals surface area contributed by atoms with E-state index in [0.29, 0.717) is 35.2 Å². The number of imide groups is 1. The number of hydrogen-bond donors (Lipinski definition) is 0. The fourth-order valence-electron chi connectivity index (χ4n) is 5.25. The molecule has 0 spiro atoms. The van der Waals surface area contributed by atoms with Gasteiger partial charge in [0, 0.05) is 17.2 Å². The SMILES string of the molecule is C[C@H]1CCc2c(sc3nc(SCCCCN4C(=O)c5ccccc5C4=O)n(-c4ccccc4)c(=O)c23)C1. The van der Waals surface area contributed by atoms with Crippen molar-refractivity contribution in [3.8, 4) is 5.69 Å². The summed E-state index contributed by atoms with van der Waals surface area (Å²) in [7, 11) is 0. The van der Waals surface area contributed by atoms with E-state index in [1.165, 1.54) is 15.3 Å². The van der Waals surface area contributed by atoms with Gasteiger partial charge in [-0.3, -0.25) is 23.9 Å². The van der Waals surface area contributed by atoms with Crippen LogP contribution in [0.25, 0.3) is 15.9 Å². The number of rotatable bonds is 7. The van der Waals surface area contributed by atoms with Crippen molar-refractivity contribution < 1.29 is 9.59 Å². The van der Waals surface area contributed by atoms with E-state index in [1.54, 1.807) is 51.9 Å². The zero-order chi connectivity index (χ0) is 25.5. The van der Waals surface area contributed by atoms with Gasteiger partial charge >= 0.3 is 0 Å². The number of fused-ring (bicyclic) bond motifs is 4. The number of nitrogens with zero attached hydrogens (tertiary/aromatic N) is 3. The lowest BCUT2D eigenvalue weighted by Gasteiger charge is -2.18. The summed E-state index contributed by atoms with van der Waals surface area (Å²) in [4.78, 5) is 47.5. The molecule has 2 aliphatic rings. The summed E-state index contributed by atoms with van der Waals surface area (Å²) in [6, 6.07) is 16.7. The molecule has 2 aromatic heterocycles. The van der Waals surface area contributed by atoms with Crippen LogP contribution in [-0.2, 0) is 12.8 Å². The molecular formula is C29H27N3O3S2. The maximum atomic E-state index is 13.8. The Morgan fingerprint density at radius 3 is 2.41 bits per heavy atom. The molecule has 0 bridgehead atoms. The average Bonchev–Trinajstić information content (AvgIpc) is 3.39. The molecule has 0 radical (unpaired) electrons. The highest BCUT2D eigenvalue weighted by atomic mass is 32.2. The first-order valence-corrected chi connectivity index (χ1v) is 14.5. The molecule has 6 rings (SSSR count). The van der Waals surface area contributed by atoms with Crippen LogP contribution in [0.1, 0.15) is 57.3 Å². The first-order valence-electron chi connectivity index (χ1n) is 12.7. The van der Waals surface area contributed by atoms with Crippen LogP contribution in [0.2, 0.25) is 0 Å². The normalized spacial score (nSPS) is 16.9. The number of aryl methyl sites for hydroxylation is 1. The molecule has 3 heterocycles. The Labute approximate surface area is 223 Å². The van der Waals surface area contributed by atoms with E-state index in [0.717, 1.165) is 47.3 Å². The van der Waals surface area contributed by atoms with Crippen LogP contribution >= 0.6 is 23.1 Å². The molecular weight excluding hydrogens is 502 g/mol. The smallest absolute Gasteiger partial charge is 0.267 e. The molecule has 0 fully saturated rings. The Hall–Kier alpha value is -3.23.